The fraction of sp³-hybridized carbons (Fsp3) is 0.714. The number of hydrogen-bond donors (Lipinski definition) is 0. The maximum atomic E-state index is 12.3. The number of carbonyl (C=O) groups is 1. The molecule has 0 aromatic carbocycles. The van der Waals surface area contributed by atoms with E-state index in [4.69, 9.17) is 0 Å². The minimum atomic E-state index is 0.167. The van der Waals surface area contributed by atoms with Crippen LogP contribution < -0.4 is 0 Å². The number of nitrogens with zero attached hydrogens (tertiary/aromatic N) is 2. The SMILES string of the molecule is CC(C)c1nc(CC(=O)N(C(C)C)C(C)C)cs1. The molecule has 1 amide bonds. The monoisotopic (exact) mass is 268 g/mol. The highest BCUT2D eigenvalue weighted by atomic mass is 32.1. The fourth-order valence-corrected chi connectivity index (χ4v) is 2.92. The molecule has 0 radical (unpaired) electrons. The second-order valence-corrected chi connectivity index (χ2v) is 6.39. The Morgan fingerprint density at radius 3 is 2.17 bits per heavy atom. The summed E-state index contributed by atoms with van der Waals surface area (Å²) >= 11 is 1.65. The van der Waals surface area contributed by atoms with Crippen LogP contribution in [-0.4, -0.2) is 27.9 Å². The molecule has 4 heteroatoms. The lowest BCUT2D eigenvalue weighted by Crippen LogP contribution is -2.42. The summed E-state index contributed by atoms with van der Waals surface area (Å²) in [6.45, 7) is 12.5. The van der Waals surface area contributed by atoms with Gasteiger partial charge in [-0.25, -0.2) is 4.98 Å². The van der Waals surface area contributed by atoms with Gasteiger partial charge in [0.15, 0.2) is 0 Å². The smallest absolute Gasteiger partial charge is 0.229 e. The van der Waals surface area contributed by atoms with Crippen LogP contribution in [0, 0.1) is 0 Å². The molecule has 0 spiro atoms. The van der Waals surface area contributed by atoms with Crippen molar-refractivity contribution < 1.29 is 4.79 Å². The van der Waals surface area contributed by atoms with Gasteiger partial charge in [-0.2, -0.15) is 0 Å². The van der Waals surface area contributed by atoms with Crippen molar-refractivity contribution in [3.8, 4) is 0 Å². The Morgan fingerprint density at radius 1 is 1.22 bits per heavy atom. The van der Waals surface area contributed by atoms with Crippen LogP contribution >= 0.6 is 11.3 Å². The summed E-state index contributed by atoms with van der Waals surface area (Å²) in [5.41, 5.74) is 0.903. The second-order valence-electron chi connectivity index (χ2n) is 5.50. The van der Waals surface area contributed by atoms with Crippen LogP contribution in [0.3, 0.4) is 0 Å². The maximum absolute atomic E-state index is 12.3. The molecule has 0 aliphatic rings. The number of aromatic nitrogens is 1. The molecule has 102 valence electrons. The van der Waals surface area contributed by atoms with Gasteiger partial charge in [0.05, 0.1) is 17.1 Å². The molecule has 0 saturated carbocycles. The average Bonchev–Trinajstić information content (AvgIpc) is 2.64. The highest BCUT2D eigenvalue weighted by Crippen LogP contribution is 2.20. The van der Waals surface area contributed by atoms with Crippen LogP contribution in [-0.2, 0) is 11.2 Å². The average molecular weight is 268 g/mol. The Balaban J connectivity index is 2.73. The predicted molar refractivity (Wildman–Crippen MR) is 77.0 cm³/mol. The van der Waals surface area contributed by atoms with Gasteiger partial charge < -0.3 is 4.90 Å². The summed E-state index contributed by atoms with van der Waals surface area (Å²) in [5, 5.41) is 3.12. The van der Waals surface area contributed by atoms with Crippen molar-refractivity contribution in [3.63, 3.8) is 0 Å². The Morgan fingerprint density at radius 2 is 1.78 bits per heavy atom. The lowest BCUT2D eigenvalue weighted by molar-refractivity contribution is -0.134. The van der Waals surface area contributed by atoms with E-state index in [0.717, 1.165) is 10.7 Å². The molecule has 0 aliphatic carbocycles. The summed E-state index contributed by atoms with van der Waals surface area (Å²) in [5.74, 6) is 0.603. The molecule has 1 rings (SSSR count). The van der Waals surface area contributed by atoms with E-state index in [0.29, 0.717) is 12.3 Å². The first-order valence-corrected chi connectivity index (χ1v) is 7.46. The van der Waals surface area contributed by atoms with Crippen molar-refractivity contribution >= 4 is 17.2 Å². The normalized spacial score (nSPS) is 11.6. The molecule has 0 unspecified atom stereocenters. The Hall–Kier alpha value is -0.900. The zero-order valence-electron chi connectivity index (χ0n) is 12.2. The minimum Gasteiger partial charge on any atom is -0.338 e. The highest BCUT2D eigenvalue weighted by molar-refractivity contribution is 7.09. The Kier molecular flexibility index (Phi) is 5.32. The molecular weight excluding hydrogens is 244 g/mol. The van der Waals surface area contributed by atoms with E-state index in [-0.39, 0.29) is 18.0 Å². The standard InChI is InChI=1S/C14H24N2OS/c1-9(2)14-15-12(8-18-14)7-13(17)16(10(3)4)11(5)6/h8-11H,7H2,1-6H3. The van der Waals surface area contributed by atoms with Gasteiger partial charge in [0.1, 0.15) is 0 Å². The van der Waals surface area contributed by atoms with Crippen molar-refractivity contribution in [2.45, 2.75) is 66.0 Å². The van der Waals surface area contributed by atoms with Crippen LogP contribution in [0.1, 0.15) is 58.2 Å². The molecule has 3 nitrogen and oxygen atoms in total. The van der Waals surface area contributed by atoms with E-state index in [1.807, 2.05) is 10.3 Å². The lowest BCUT2D eigenvalue weighted by Gasteiger charge is -2.30. The fourth-order valence-electron chi connectivity index (χ4n) is 2.09. The maximum Gasteiger partial charge on any atom is 0.229 e. The van der Waals surface area contributed by atoms with Crippen molar-refractivity contribution in [2.24, 2.45) is 0 Å². The van der Waals surface area contributed by atoms with Crippen LogP contribution in [0.5, 0.6) is 0 Å². The van der Waals surface area contributed by atoms with E-state index >= 15 is 0 Å². The van der Waals surface area contributed by atoms with Crippen molar-refractivity contribution in [3.05, 3.63) is 16.1 Å². The van der Waals surface area contributed by atoms with Gasteiger partial charge in [-0.05, 0) is 27.7 Å². The molecule has 1 heterocycles. The van der Waals surface area contributed by atoms with E-state index < -0.39 is 0 Å². The summed E-state index contributed by atoms with van der Waals surface area (Å²) < 4.78 is 0. The van der Waals surface area contributed by atoms with Crippen LogP contribution in [0.4, 0.5) is 0 Å². The van der Waals surface area contributed by atoms with Crippen molar-refractivity contribution in [1.82, 2.24) is 9.88 Å². The van der Waals surface area contributed by atoms with Crippen molar-refractivity contribution in [1.29, 1.82) is 0 Å². The molecule has 0 atom stereocenters. The second kappa shape index (κ2) is 6.32. The summed E-state index contributed by atoms with van der Waals surface area (Å²) in [6.07, 6.45) is 0.416. The molecule has 18 heavy (non-hydrogen) atoms. The molecule has 0 aliphatic heterocycles. The number of hydrogen-bond acceptors (Lipinski definition) is 3. The van der Waals surface area contributed by atoms with Gasteiger partial charge in [-0.3, -0.25) is 4.79 Å². The molecule has 0 fully saturated rings. The molecule has 0 saturated heterocycles. The highest BCUT2D eigenvalue weighted by Gasteiger charge is 2.21. The van der Waals surface area contributed by atoms with Gasteiger partial charge in [-0.1, -0.05) is 13.8 Å². The van der Waals surface area contributed by atoms with Gasteiger partial charge in [-0.15, -0.1) is 11.3 Å². The third-order valence-electron chi connectivity index (χ3n) is 2.80. The first-order chi connectivity index (χ1) is 8.32. The van der Waals surface area contributed by atoms with E-state index in [9.17, 15) is 4.79 Å². The lowest BCUT2D eigenvalue weighted by atomic mass is 10.2. The van der Waals surface area contributed by atoms with Crippen LogP contribution in [0.2, 0.25) is 0 Å². The van der Waals surface area contributed by atoms with Crippen LogP contribution in [0.15, 0.2) is 5.38 Å². The largest absolute Gasteiger partial charge is 0.338 e. The first kappa shape index (κ1) is 15.2. The minimum absolute atomic E-state index is 0.167. The molecule has 0 bridgehead atoms. The number of rotatable bonds is 5. The van der Waals surface area contributed by atoms with E-state index in [1.165, 1.54) is 0 Å². The third-order valence-corrected chi connectivity index (χ3v) is 3.99. The van der Waals surface area contributed by atoms with Crippen molar-refractivity contribution in [2.75, 3.05) is 0 Å². The molecule has 1 aromatic heterocycles. The zero-order valence-corrected chi connectivity index (χ0v) is 13.0. The Bertz CT molecular complexity index is 388. The number of carbonyl (C=O) groups excluding carboxylic acids is 1. The number of amides is 1. The quantitative estimate of drug-likeness (QED) is 0.819. The molecular formula is C14H24N2OS. The molecule has 0 N–H and O–H groups in total. The van der Waals surface area contributed by atoms with Gasteiger partial charge in [0.25, 0.3) is 0 Å². The van der Waals surface area contributed by atoms with Crippen LogP contribution in [0.25, 0.3) is 0 Å². The third kappa shape index (κ3) is 3.80. The van der Waals surface area contributed by atoms with E-state index in [1.54, 1.807) is 11.3 Å². The Labute approximate surface area is 114 Å². The summed E-state index contributed by atoms with van der Waals surface area (Å²) in [7, 11) is 0. The zero-order chi connectivity index (χ0) is 13.9. The summed E-state index contributed by atoms with van der Waals surface area (Å²) in [4.78, 5) is 18.7. The topological polar surface area (TPSA) is 33.2 Å². The van der Waals surface area contributed by atoms with Gasteiger partial charge in [0, 0.05) is 23.4 Å². The van der Waals surface area contributed by atoms with E-state index in [2.05, 4.69) is 46.5 Å². The summed E-state index contributed by atoms with van der Waals surface area (Å²) in [6, 6.07) is 0.474. The number of thiazole rings is 1. The predicted octanol–water partition coefficient (Wildman–Crippen LogP) is 3.45. The van der Waals surface area contributed by atoms with Gasteiger partial charge in [0.2, 0.25) is 5.91 Å². The van der Waals surface area contributed by atoms with Gasteiger partial charge >= 0.3 is 0 Å². The molecule has 1 aromatic rings. The first-order valence-electron chi connectivity index (χ1n) is 6.58.